The predicted molar refractivity (Wildman–Crippen MR) is 116 cm³/mol. The van der Waals surface area contributed by atoms with E-state index in [2.05, 4.69) is 107 Å². The Morgan fingerprint density at radius 1 is 0.680 bits per heavy atom. The van der Waals surface area contributed by atoms with Gasteiger partial charge in [0.15, 0.2) is 0 Å². The van der Waals surface area contributed by atoms with Gasteiger partial charge in [-0.15, -0.1) is 9.24 Å². The van der Waals surface area contributed by atoms with Crippen molar-refractivity contribution in [3.8, 4) is 0 Å². The molecule has 3 aromatic rings. The molecule has 2 heteroatoms. The van der Waals surface area contributed by atoms with Crippen molar-refractivity contribution in [2.45, 2.75) is 24.0 Å². The molecule has 0 aliphatic heterocycles. The fourth-order valence-electron chi connectivity index (χ4n) is 3.62. The van der Waals surface area contributed by atoms with E-state index in [1.54, 1.807) is 0 Å². The lowest BCUT2D eigenvalue weighted by molar-refractivity contribution is 0.496. The van der Waals surface area contributed by atoms with Gasteiger partial charge in [-0.25, -0.2) is 0 Å². The zero-order valence-electron chi connectivity index (χ0n) is 14.4. The van der Waals surface area contributed by atoms with E-state index < -0.39 is 0 Å². The van der Waals surface area contributed by atoms with Crippen molar-refractivity contribution in [2.75, 3.05) is 6.16 Å². The van der Waals surface area contributed by atoms with Crippen molar-refractivity contribution in [3.05, 3.63) is 107 Å². The second kappa shape index (κ2) is 8.70. The number of hydrogen-bond acceptors (Lipinski definition) is 1. The van der Waals surface area contributed by atoms with Crippen LogP contribution >= 0.6 is 21.9 Å². The lowest BCUT2D eigenvalue weighted by atomic mass is 9.68. The van der Waals surface area contributed by atoms with Crippen LogP contribution in [-0.2, 0) is 17.6 Å². The Morgan fingerprint density at radius 3 is 1.60 bits per heavy atom. The monoisotopic (exact) mass is 364 g/mol. The van der Waals surface area contributed by atoms with Gasteiger partial charge in [-0.05, 0) is 41.3 Å². The van der Waals surface area contributed by atoms with Gasteiger partial charge in [0, 0.05) is 11.2 Å². The van der Waals surface area contributed by atoms with E-state index in [0.717, 1.165) is 24.8 Å². The second-order valence-corrected chi connectivity index (χ2v) is 7.40. The fourth-order valence-corrected chi connectivity index (χ4v) is 4.32. The van der Waals surface area contributed by atoms with Gasteiger partial charge in [0.1, 0.15) is 0 Å². The van der Waals surface area contributed by atoms with Crippen LogP contribution in [0.4, 0.5) is 0 Å². The van der Waals surface area contributed by atoms with Crippen LogP contribution in [0.25, 0.3) is 0 Å². The van der Waals surface area contributed by atoms with Crippen molar-refractivity contribution < 1.29 is 0 Å². The molecule has 0 N–H and O–H groups in total. The minimum atomic E-state index is -0.00719. The minimum absolute atomic E-state index is 0.00719. The normalized spacial score (nSPS) is 11.4. The van der Waals surface area contributed by atoms with Crippen LogP contribution < -0.4 is 0 Å². The molecule has 0 radical (unpaired) electrons. The van der Waals surface area contributed by atoms with Gasteiger partial charge in [-0.1, -0.05) is 84.9 Å². The smallest absolute Gasteiger partial charge is 0.0246 e. The standard InChI is InChI=1S/C23H25PS/c24-16-15-23(21-7-3-1-4-8-21,22-9-5-2-6-10-22)17-19-11-13-20(18-25)14-12-19/h1-14,25H,15-18,24H2. The average molecular weight is 364 g/mol. The number of benzene rings is 3. The predicted octanol–water partition coefficient (Wildman–Crippen LogP) is 5.91. The Bertz CT molecular complexity index is 727. The topological polar surface area (TPSA) is 0 Å². The van der Waals surface area contributed by atoms with Gasteiger partial charge in [-0.3, -0.25) is 0 Å². The van der Waals surface area contributed by atoms with E-state index in [9.17, 15) is 0 Å². The molecule has 0 saturated carbocycles. The van der Waals surface area contributed by atoms with E-state index in [4.69, 9.17) is 0 Å². The van der Waals surface area contributed by atoms with E-state index >= 15 is 0 Å². The van der Waals surface area contributed by atoms with Crippen molar-refractivity contribution >= 4 is 21.9 Å². The van der Waals surface area contributed by atoms with E-state index in [-0.39, 0.29) is 5.41 Å². The van der Waals surface area contributed by atoms with Gasteiger partial charge in [0.05, 0.1) is 0 Å². The van der Waals surface area contributed by atoms with Crippen molar-refractivity contribution in [3.63, 3.8) is 0 Å². The number of thiol groups is 1. The molecule has 0 bridgehead atoms. The van der Waals surface area contributed by atoms with Crippen LogP contribution in [-0.4, -0.2) is 6.16 Å². The molecule has 0 aliphatic carbocycles. The molecule has 0 fully saturated rings. The second-order valence-electron chi connectivity index (χ2n) is 6.50. The van der Waals surface area contributed by atoms with Gasteiger partial charge >= 0.3 is 0 Å². The van der Waals surface area contributed by atoms with E-state index in [0.29, 0.717) is 0 Å². The summed E-state index contributed by atoms with van der Waals surface area (Å²) in [6.07, 6.45) is 3.17. The zero-order chi connectivity index (χ0) is 17.5. The quantitative estimate of drug-likeness (QED) is 0.391. The molecule has 0 nitrogen and oxygen atoms in total. The summed E-state index contributed by atoms with van der Waals surface area (Å²) in [6, 6.07) is 30.8. The maximum Gasteiger partial charge on any atom is 0.0246 e. The van der Waals surface area contributed by atoms with Crippen LogP contribution in [0.3, 0.4) is 0 Å². The van der Waals surface area contributed by atoms with Gasteiger partial charge in [0.2, 0.25) is 0 Å². The maximum atomic E-state index is 4.38. The first-order valence-electron chi connectivity index (χ1n) is 8.78. The fraction of sp³-hybridized carbons (Fsp3) is 0.217. The molecule has 0 aromatic heterocycles. The summed E-state index contributed by atoms with van der Waals surface area (Å²) in [6.45, 7) is 0. The van der Waals surface area contributed by atoms with Crippen molar-refractivity contribution in [2.24, 2.45) is 0 Å². The third-order valence-corrected chi connectivity index (χ3v) is 5.59. The molecule has 0 aliphatic rings. The molecule has 25 heavy (non-hydrogen) atoms. The molecule has 128 valence electrons. The van der Waals surface area contributed by atoms with Crippen molar-refractivity contribution in [1.29, 1.82) is 0 Å². The summed E-state index contributed by atoms with van der Waals surface area (Å²) in [4.78, 5) is 0. The molecular weight excluding hydrogens is 339 g/mol. The number of rotatable bonds is 7. The highest BCUT2D eigenvalue weighted by atomic mass is 32.1. The molecule has 0 saturated heterocycles. The zero-order valence-corrected chi connectivity index (χ0v) is 16.5. The van der Waals surface area contributed by atoms with Gasteiger partial charge in [0.25, 0.3) is 0 Å². The average Bonchev–Trinajstić information content (AvgIpc) is 2.69. The highest BCUT2D eigenvalue weighted by molar-refractivity contribution is 7.79. The third kappa shape index (κ3) is 4.17. The highest BCUT2D eigenvalue weighted by Gasteiger charge is 2.33. The van der Waals surface area contributed by atoms with Crippen LogP contribution in [0.15, 0.2) is 84.9 Å². The Morgan fingerprint density at radius 2 is 1.16 bits per heavy atom. The summed E-state index contributed by atoms with van der Waals surface area (Å²) in [5, 5.41) is 0. The number of hydrogen-bond donors (Lipinski definition) is 1. The lowest BCUT2D eigenvalue weighted by Crippen LogP contribution is -2.31. The summed E-state index contributed by atoms with van der Waals surface area (Å²) >= 11 is 4.38. The van der Waals surface area contributed by atoms with Crippen LogP contribution in [0.2, 0.25) is 0 Å². The molecule has 1 unspecified atom stereocenters. The molecule has 0 heterocycles. The van der Waals surface area contributed by atoms with Crippen LogP contribution in [0.1, 0.15) is 28.7 Å². The van der Waals surface area contributed by atoms with Gasteiger partial charge in [-0.2, -0.15) is 12.6 Å². The first-order valence-corrected chi connectivity index (χ1v) is 10.2. The van der Waals surface area contributed by atoms with Crippen LogP contribution in [0.5, 0.6) is 0 Å². The first kappa shape index (κ1) is 18.2. The SMILES string of the molecule is PCCC(Cc1ccc(CS)cc1)(c1ccccc1)c1ccccc1. The van der Waals surface area contributed by atoms with Crippen LogP contribution in [0, 0.1) is 0 Å². The highest BCUT2D eigenvalue weighted by Crippen LogP contribution is 2.39. The molecule has 0 spiro atoms. The first-order chi connectivity index (χ1) is 12.3. The van der Waals surface area contributed by atoms with Gasteiger partial charge < -0.3 is 0 Å². The summed E-state index contributed by atoms with van der Waals surface area (Å²) in [7, 11) is 2.92. The molecule has 1 atom stereocenters. The molecule has 3 aromatic carbocycles. The lowest BCUT2D eigenvalue weighted by Gasteiger charge is -2.35. The Balaban J connectivity index is 2.09. The van der Waals surface area contributed by atoms with Crippen molar-refractivity contribution in [1.82, 2.24) is 0 Å². The molecular formula is C23H25PS. The summed E-state index contributed by atoms with van der Waals surface area (Å²) in [5.74, 6) is 0.786. The third-order valence-electron chi connectivity index (χ3n) is 4.94. The molecule has 3 rings (SSSR count). The Kier molecular flexibility index (Phi) is 6.34. The minimum Gasteiger partial charge on any atom is -0.175 e. The largest absolute Gasteiger partial charge is 0.175 e. The summed E-state index contributed by atoms with van der Waals surface area (Å²) in [5.41, 5.74) is 5.41. The maximum absolute atomic E-state index is 4.38. The molecule has 0 amide bonds. The van der Waals surface area contributed by atoms with E-state index in [1.165, 1.54) is 22.3 Å². The Hall–Kier alpha value is -1.56. The van der Waals surface area contributed by atoms with E-state index in [1.807, 2.05) is 0 Å². The summed E-state index contributed by atoms with van der Waals surface area (Å²) < 4.78 is 0. The Labute approximate surface area is 159 Å².